The van der Waals surface area contributed by atoms with E-state index in [0.29, 0.717) is 11.1 Å². The molecule has 0 saturated heterocycles. The van der Waals surface area contributed by atoms with Gasteiger partial charge in [-0.2, -0.15) is 5.26 Å². The molecule has 0 saturated carbocycles. The fourth-order valence-corrected chi connectivity index (χ4v) is 2.44. The molecule has 0 fully saturated rings. The smallest absolute Gasteiger partial charge is 0.277 e. The zero-order valence-electron chi connectivity index (χ0n) is 14.6. The zero-order chi connectivity index (χ0) is 18.4. The van der Waals surface area contributed by atoms with Gasteiger partial charge in [0.2, 0.25) is 11.8 Å². The van der Waals surface area contributed by atoms with Crippen molar-refractivity contribution >= 4 is 17.7 Å². The van der Waals surface area contributed by atoms with Crippen LogP contribution < -0.4 is 10.1 Å². The number of hydrogen-bond donors (Lipinski definition) is 1. The van der Waals surface area contributed by atoms with Crippen LogP contribution in [0.1, 0.15) is 20.8 Å². The molecule has 1 amide bonds. The first-order chi connectivity index (χ1) is 11.9. The maximum atomic E-state index is 12.1. The number of carbonyl (C=O) groups is 1. The molecule has 1 heterocycles. The van der Waals surface area contributed by atoms with Gasteiger partial charge in [-0.3, -0.25) is 4.79 Å². The van der Waals surface area contributed by atoms with E-state index in [-0.39, 0.29) is 17.6 Å². The molecule has 2 aromatic rings. The summed E-state index contributed by atoms with van der Waals surface area (Å²) in [5.74, 6) is 0.937. The largest absolute Gasteiger partial charge is 0.497 e. The van der Waals surface area contributed by atoms with E-state index >= 15 is 0 Å². The number of ether oxygens (including phenoxy) is 1. The number of nitrogens with zero attached hydrogens (tertiary/aromatic N) is 3. The molecule has 1 N–H and O–H groups in total. The minimum Gasteiger partial charge on any atom is -0.497 e. The highest BCUT2D eigenvalue weighted by molar-refractivity contribution is 7.99. The summed E-state index contributed by atoms with van der Waals surface area (Å²) < 4.78 is 10.7. The van der Waals surface area contributed by atoms with Crippen LogP contribution in [0, 0.1) is 17.2 Å². The van der Waals surface area contributed by atoms with Crippen LogP contribution >= 0.6 is 11.8 Å². The van der Waals surface area contributed by atoms with Crippen molar-refractivity contribution in [3.05, 3.63) is 24.3 Å². The lowest BCUT2D eigenvalue weighted by Gasteiger charge is -2.27. The van der Waals surface area contributed by atoms with Crippen LogP contribution in [-0.4, -0.2) is 34.5 Å². The Balaban J connectivity index is 1.95. The number of hydrogen-bond acceptors (Lipinski definition) is 7. The van der Waals surface area contributed by atoms with Gasteiger partial charge in [0.05, 0.1) is 18.9 Å². The summed E-state index contributed by atoms with van der Waals surface area (Å²) in [5.41, 5.74) is -0.137. The van der Waals surface area contributed by atoms with Crippen molar-refractivity contribution in [2.24, 2.45) is 5.92 Å². The maximum Gasteiger partial charge on any atom is 0.277 e. The van der Waals surface area contributed by atoms with Crippen LogP contribution in [0.2, 0.25) is 0 Å². The second-order valence-electron chi connectivity index (χ2n) is 5.91. The minimum atomic E-state index is -0.902. The number of amides is 1. The Morgan fingerprint density at radius 2 is 2.08 bits per heavy atom. The van der Waals surface area contributed by atoms with Crippen LogP contribution in [-0.2, 0) is 4.79 Å². The molecular weight excluding hydrogens is 340 g/mol. The van der Waals surface area contributed by atoms with Crippen LogP contribution in [0.25, 0.3) is 11.5 Å². The Labute approximate surface area is 150 Å². The molecule has 0 aliphatic heterocycles. The third-order valence-corrected chi connectivity index (χ3v) is 4.67. The van der Waals surface area contributed by atoms with Crippen molar-refractivity contribution in [2.75, 3.05) is 12.9 Å². The molecule has 0 radical (unpaired) electrons. The first-order valence-electron chi connectivity index (χ1n) is 7.71. The highest BCUT2D eigenvalue weighted by Crippen LogP contribution is 2.25. The number of thioether (sulfide) groups is 1. The molecule has 132 valence electrons. The number of aromatic nitrogens is 2. The lowest BCUT2D eigenvalue weighted by atomic mass is 9.90. The van der Waals surface area contributed by atoms with Crippen LogP contribution in [0.15, 0.2) is 33.9 Å². The van der Waals surface area contributed by atoms with E-state index in [1.807, 2.05) is 26.0 Å². The summed E-state index contributed by atoms with van der Waals surface area (Å²) in [6.07, 6.45) is 0. The monoisotopic (exact) mass is 360 g/mol. The average Bonchev–Trinajstić information content (AvgIpc) is 3.08. The van der Waals surface area contributed by atoms with Crippen molar-refractivity contribution in [3.8, 4) is 23.3 Å². The fraction of sp³-hybridized carbons (Fsp3) is 0.412. The van der Waals surface area contributed by atoms with Gasteiger partial charge in [0, 0.05) is 5.56 Å². The third kappa shape index (κ3) is 4.73. The quantitative estimate of drug-likeness (QED) is 0.758. The van der Waals surface area contributed by atoms with Gasteiger partial charge in [-0.1, -0.05) is 25.6 Å². The molecular formula is C17H20N4O3S. The number of methoxy groups -OCH3 is 1. The molecule has 0 aliphatic rings. The Morgan fingerprint density at radius 3 is 2.64 bits per heavy atom. The van der Waals surface area contributed by atoms with Gasteiger partial charge in [0.1, 0.15) is 11.3 Å². The summed E-state index contributed by atoms with van der Waals surface area (Å²) in [4.78, 5) is 12.1. The van der Waals surface area contributed by atoms with E-state index in [9.17, 15) is 10.1 Å². The lowest BCUT2D eigenvalue weighted by molar-refractivity contribution is -0.120. The highest BCUT2D eigenvalue weighted by Gasteiger charge is 2.30. The summed E-state index contributed by atoms with van der Waals surface area (Å²) in [6.45, 7) is 5.47. The predicted octanol–water partition coefficient (Wildman–Crippen LogP) is 2.89. The maximum absolute atomic E-state index is 12.1. The molecule has 0 spiro atoms. The molecule has 1 unspecified atom stereocenters. The second-order valence-corrected chi connectivity index (χ2v) is 6.83. The van der Waals surface area contributed by atoms with Crippen LogP contribution in [0.3, 0.4) is 0 Å². The van der Waals surface area contributed by atoms with Gasteiger partial charge >= 0.3 is 0 Å². The molecule has 25 heavy (non-hydrogen) atoms. The van der Waals surface area contributed by atoms with Gasteiger partial charge < -0.3 is 14.5 Å². The molecule has 0 bridgehead atoms. The molecule has 1 aromatic carbocycles. The van der Waals surface area contributed by atoms with Crippen molar-refractivity contribution in [1.29, 1.82) is 5.26 Å². The van der Waals surface area contributed by atoms with E-state index in [4.69, 9.17) is 9.15 Å². The summed E-state index contributed by atoms with van der Waals surface area (Å²) in [5, 5.41) is 20.2. The van der Waals surface area contributed by atoms with E-state index in [1.54, 1.807) is 26.2 Å². The van der Waals surface area contributed by atoms with Gasteiger partial charge in [-0.05, 0) is 37.1 Å². The zero-order valence-corrected chi connectivity index (χ0v) is 15.4. The third-order valence-electron chi connectivity index (χ3n) is 3.86. The topological polar surface area (TPSA) is 101 Å². The first-order valence-corrected chi connectivity index (χ1v) is 8.69. The molecule has 7 nitrogen and oxygen atoms in total. The molecule has 2 rings (SSSR count). The van der Waals surface area contributed by atoms with E-state index in [0.717, 1.165) is 23.1 Å². The standard InChI is InChI=1S/C17H20N4O3S/c1-11(2)17(3,10-18)19-14(22)9-25-16-21-20-15(24-16)12-5-7-13(23-4)8-6-12/h5-8,11H,9H2,1-4H3,(H,19,22). The van der Waals surface area contributed by atoms with Gasteiger partial charge in [0.25, 0.3) is 5.22 Å². The minimum absolute atomic E-state index is 0.00321. The number of benzene rings is 1. The van der Waals surface area contributed by atoms with Gasteiger partial charge in [0.15, 0.2) is 0 Å². The fourth-order valence-electron chi connectivity index (χ4n) is 1.87. The molecule has 8 heteroatoms. The summed E-state index contributed by atoms with van der Waals surface area (Å²) >= 11 is 1.13. The Kier molecular flexibility index (Phi) is 6.04. The molecule has 1 atom stereocenters. The summed E-state index contributed by atoms with van der Waals surface area (Å²) in [7, 11) is 1.60. The Morgan fingerprint density at radius 1 is 1.40 bits per heavy atom. The average molecular weight is 360 g/mol. The lowest BCUT2D eigenvalue weighted by Crippen LogP contribution is -2.49. The van der Waals surface area contributed by atoms with E-state index < -0.39 is 5.54 Å². The first kappa shape index (κ1) is 18.8. The number of carbonyl (C=O) groups excluding carboxylic acids is 1. The van der Waals surface area contributed by atoms with E-state index in [2.05, 4.69) is 21.6 Å². The van der Waals surface area contributed by atoms with Gasteiger partial charge in [-0.25, -0.2) is 0 Å². The number of nitriles is 1. The SMILES string of the molecule is COc1ccc(-c2nnc(SCC(=O)NC(C)(C#N)C(C)C)o2)cc1. The van der Waals surface area contributed by atoms with Crippen molar-refractivity contribution < 1.29 is 13.9 Å². The van der Waals surface area contributed by atoms with Crippen LogP contribution in [0.5, 0.6) is 5.75 Å². The van der Waals surface area contributed by atoms with Crippen LogP contribution in [0.4, 0.5) is 0 Å². The Hall–Kier alpha value is -2.53. The van der Waals surface area contributed by atoms with E-state index in [1.165, 1.54) is 0 Å². The summed E-state index contributed by atoms with van der Waals surface area (Å²) in [6, 6.07) is 9.37. The number of nitrogens with one attached hydrogen (secondary N) is 1. The van der Waals surface area contributed by atoms with Crippen molar-refractivity contribution in [2.45, 2.75) is 31.5 Å². The van der Waals surface area contributed by atoms with Gasteiger partial charge in [-0.15, -0.1) is 10.2 Å². The molecule has 0 aliphatic carbocycles. The second kappa shape index (κ2) is 8.03. The van der Waals surface area contributed by atoms with Crippen molar-refractivity contribution in [1.82, 2.24) is 15.5 Å². The molecule has 1 aromatic heterocycles. The predicted molar refractivity (Wildman–Crippen MR) is 94.0 cm³/mol. The normalized spacial score (nSPS) is 13.1. The highest BCUT2D eigenvalue weighted by atomic mass is 32.2. The Bertz CT molecular complexity index is 767. The van der Waals surface area contributed by atoms with Crippen molar-refractivity contribution in [3.63, 3.8) is 0 Å². The number of rotatable bonds is 7.